The van der Waals surface area contributed by atoms with Gasteiger partial charge >= 0.3 is 0 Å². The molecule has 0 spiro atoms. The minimum Gasteiger partial charge on any atom is -0.495 e. The van der Waals surface area contributed by atoms with E-state index in [0.29, 0.717) is 25.1 Å². The number of hydrogen-bond acceptors (Lipinski definition) is 5. The Hall–Kier alpha value is -3.26. The molecule has 0 saturated carbocycles. The lowest BCUT2D eigenvalue weighted by atomic mass is 10.1. The lowest BCUT2D eigenvalue weighted by Gasteiger charge is -2.17. The molecule has 30 heavy (non-hydrogen) atoms. The maximum absolute atomic E-state index is 13.0. The summed E-state index contributed by atoms with van der Waals surface area (Å²) in [5, 5.41) is 0. The first-order chi connectivity index (χ1) is 14.4. The highest BCUT2D eigenvalue weighted by Gasteiger charge is 2.28. The molecular formula is C22H22N2O5S. The first-order valence-electron chi connectivity index (χ1n) is 9.61. The second kappa shape index (κ2) is 7.87. The minimum absolute atomic E-state index is 0.0967. The Bertz CT molecular complexity index is 1190. The third kappa shape index (κ3) is 3.66. The van der Waals surface area contributed by atoms with Crippen molar-refractivity contribution in [3.05, 3.63) is 71.7 Å². The highest BCUT2D eigenvalue weighted by molar-refractivity contribution is 7.92. The summed E-state index contributed by atoms with van der Waals surface area (Å²) in [6.45, 7) is 2.47. The van der Waals surface area contributed by atoms with Crippen LogP contribution in [0.25, 0.3) is 0 Å². The van der Waals surface area contributed by atoms with Crippen LogP contribution in [0.15, 0.2) is 64.1 Å². The van der Waals surface area contributed by atoms with Gasteiger partial charge in [0.25, 0.3) is 15.9 Å². The minimum atomic E-state index is -3.84. The Kier molecular flexibility index (Phi) is 5.26. The number of nitrogens with zero attached hydrogens (tertiary/aromatic N) is 1. The lowest BCUT2D eigenvalue weighted by molar-refractivity contribution is 0.0963. The fourth-order valence-electron chi connectivity index (χ4n) is 3.57. The number of carbonyl (C=O) groups excluding carboxylic acids is 1. The van der Waals surface area contributed by atoms with Gasteiger partial charge in [0.15, 0.2) is 5.76 Å². The first kappa shape index (κ1) is 20.0. The normalized spacial score (nSPS) is 13.2. The van der Waals surface area contributed by atoms with E-state index in [-0.39, 0.29) is 22.3 Å². The van der Waals surface area contributed by atoms with Gasteiger partial charge in [0.1, 0.15) is 10.6 Å². The van der Waals surface area contributed by atoms with E-state index in [1.165, 1.54) is 13.4 Å². The number of nitrogens with one attached hydrogen (secondary N) is 1. The number of fused-ring (bicyclic) bond motifs is 1. The summed E-state index contributed by atoms with van der Waals surface area (Å²) in [5.41, 5.74) is 2.98. The molecule has 0 fully saturated rings. The van der Waals surface area contributed by atoms with Gasteiger partial charge in [-0.15, -0.1) is 0 Å². The fourth-order valence-corrected chi connectivity index (χ4v) is 4.84. The van der Waals surface area contributed by atoms with Gasteiger partial charge in [0.05, 0.1) is 13.4 Å². The van der Waals surface area contributed by atoms with Gasteiger partial charge < -0.3 is 14.1 Å². The topological polar surface area (TPSA) is 88.9 Å². The quantitative estimate of drug-likeness (QED) is 0.647. The molecule has 0 saturated heterocycles. The Morgan fingerprint density at radius 3 is 2.73 bits per heavy atom. The van der Waals surface area contributed by atoms with Crippen molar-refractivity contribution in [2.24, 2.45) is 0 Å². The highest BCUT2D eigenvalue weighted by Crippen LogP contribution is 2.33. The predicted molar refractivity (Wildman–Crippen MR) is 114 cm³/mol. The number of methoxy groups -OCH3 is 1. The number of ether oxygens (including phenoxy) is 1. The van der Waals surface area contributed by atoms with Crippen molar-refractivity contribution < 1.29 is 22.4 Å². The molecule has 7 nitrogen and oxygen atoms in total. The summed E-state index contributed by atoms with van der Waals surface area (Å²) < 4.78 is 39.1. The molecule has 2 aromatic carbocycles. The molecule has 1 aromatic heterocycles. The largest absolute Gasteiger partial charge is 0.495 e. The summed E-state index contributed by atoms with van der Waals surface area (Å²) in [6, 6.07) is 13.6. The van der Waals surface area contributed by atoms with Crippen LogP contribution in [0.2, 0.25) is 0 Å². The van der Waals surface area contributed by atoms with Gasteiger partial charge in [-0.25, -0.2) is 8.42 Å². The van der Waals surface area contributed by atoms with Crippen LogP contribution >= 0.6 is 0 Å². The van der Waals surface area contributed by atoms with Gasteiger partial charge in [0, 0.05) is 17.9 Å². The lowest BCUT2D eigenvalue weighted by Crippen LogP contribution is -2.28. The molecular weight excluding hydrogens is 404 g/mol. The van der Waals surface area contributed by atoms with Gasteiger partial charge in [-0.2, -0.15) is 0 Å². The molecule has 1 N–H and O–H groups in total. The molecule has 156 valence electrons. The molecule has 4 rings (SSSR count). The number of sulfonamides is 1. The highest BCUT2D eigenvalue weighted by atomic mass is 32.2. The number of aryl methyl sites for hydroxylation is 1. The standard InChI is InChI=1S/C22H22N2O5S/c1-3-15-6-9-19(28-2)21(13-15)30(26,27)23-17-7-8-18-16(14-17)10-11-24(18)22(25)20-5-4-12-29-20/h4-9,12-14,23H,3,10-11H2,1-2H3. The van der Waals surface area contributed by atoms with E-state index in [2.05, 4.69) is 4.72 Å². The Labute approximate surface area is 175 Å². The van der Waals surface area contributed by atoms with Crippen LogP contribution in [0, 0.1) is 0 Å². The third-order valence-electron chi connectivity index (χ3n) is 5.13. The molecule has 3 aromatic rings. The van der Waals surface area contributed by atoms with E-state index < -0.39 is 10.0 Å². The van der Waals surface area contributed by atoms with Crippen molar-refractivity contribution in [2.45, 2.75) is 24.7 Å². The second-order valence-electron chi connectivity index (χ2n) is 6.97. The zero-order chi connectivity index (χ0) is 21.3. The molecule has 0 bridgehead atoms. The van der Waals surface area contributed by atoms with Crippen molar-refractivity contribution >= 4 is 27.3 Å². The number of amides is 1. The van der Waals surface area contributed by atoms with Crippen LogP contribution in [-0.4, -0.2) is 28.0 Å². The molecule has 0 unspecified atom stereocenters. The summed E-state index contributed by atoms with van der Waals surface area (Å²) in [4.78, 5) is 14.3. The molecule has 2 heterocycles. The van der Waals surface area contributed by atoms with E-state index in [1.54, 1.807) is 47.4 Å². The van der Waals surface area contributed by atoms with Crippen LogP contribution in [0.1, 0.15) is 28.6 Å². The number of rotatable bonds is 6. The Morgan fingerprint density at radius 2 is 2.03 bits per heavy atom. The van der Waals surface area contributed by atoms with Crippen LogP contribution in [0.4, 0.5) is 11.4 Å². The maximum atomic E-state index is 13.0. The van der Waals surface area contributed by atoms with Gasteiger partial charge in [-0.05, 0) is 66.4 Å². The number of carbonyl (C=O) groups is 1. The molecule has 1 aliphatic rings. The monoisotopic (exact) mass is 426 g/mol. The molecule has 0 aliphatic carbocycles. The SMILES string of the molecule is CCc1ccc(OC)c(S(=O)(=O)Nc2ccc3c(c2)CCN3C(=O)c2ccco2)c1. The first-order valence-corrected chi connectivity index (χ1v) is 11.1. The number of furan rings is 1. The fraction of sp³-hybridized carbons (Fsp3) is 0.227. The number of hydrogen-bond donors (Lipinski definition) is 1. The van der Waals surface area contributed by atoms with Crippen molar-refractivity contribution in [3.63, 3.8) is 0 Å². The van der Waals surface area contributed by atoms with Gasteiger partial charge in [-0.1, -0.05) is 13.0 Å². The third-order valence-corrected chi connectivity index (χ3v) is 6.53. The van der Waals surface area contributed by atoms with Crippen molar-refractivity contribution in [1.29, 1.82) is 0 Å². The average molecular weight is 426 g/mol. The summed E-state index contributed by atoms with van der Waals surface area (Å²) >= 11 is 0. The number of anilines is 2. The zero-order valence-corrected chi connectivity index (χ0v) is 17.5. The van der Waals surface area contributed by atoms with Crippen molar-refractivity contribution in [1.82, 2.24) is 0 Å². The van der Waals surface area contributed by atoms with E-state index in [9.17, 15) is 13.2 Å². The summed E-state index contributed by atoms with van der Waals surface area (Å²) in [5.74, 6) is 0.347. The number of benzene rings is 2. The zero-order valence-electron chi connectivity index (χ0n) is 16.7. The summed E-state index contributed by atoms with van der Waals surface area (Å²) in [7, 11) is -2.40. The second-order valence-corrected chi connectivity index (χ2v) is 8.62. The molecule has 0 radical (unpaired) electrons. The van der Waals surface area contributed by atoms with Crippen LogP contribution in [0.5, 0.6) is 5.75 Å². The van der Waals surface area contributed by atoms with Gasteiger partial charge in [0.2, 0.25) is 0 Å². The van der Waals surface area contributed by atoms with Crippen LogP contribution in [0.3, 0.4) is 0 Å². The summed E-state index contributed by atoms with van der Waals surface area (Å²) in [6.07, 6.45) is 2.81. The maximum Gasteiger partial charge on any atom is 0.293 e. The van der Waals surface area contributed by atoms with E-state index >= 15 is 0 Å². The average Bonchev–Trinajstić information content (AvgIpc) is 3.42. The van der Waals surface area contributed by atoms with Crippen molar-refractivity contribution in [2.75, 3.05) is 23.3 Å². The predicted octanol–water partition coefficient (Wildman–Crippen LogP) is 3.85. The van der Waals surface area contributed by atoms with E-state index in [1.807, 2.05) is 13.0 Å². The van der Waals surface area contributed by atoms with Gasteiger partial charge in [-0.3, -0.25) is 9.52 Å². The van der Waals surface area contributed by atoms with E-state index in [0.717, 1.165) is 16.8 Å². The molecule has 0 atom stereocenters. The van der Waals surface area contributed by atoms with E-state index in [4.69, 9.17) is 9.15 Å². The molecule has 1 amide bonds. The Balaban J connectivity index is 1.61. The van der Waals surface area contributed by atoms with Crippen LogP contribution < -0.4 is 14.4 Å². The molecule has 1 aliphatic heterocycles. The smallest absolute Gasteiger partial charge is 0.293 e. The van der Waals surface area contributed by atoms with Crippen LogP contribution in [-0.2, 0) is 22.9 Å². The molecule has 8 heteroatoms. The van der Waals surface area contributed by atoms with Crippen molar-refractivity contribution in [3.8, 4) is 5.75 Å². The Morgan fingerprint density at radius 1 is 1.20 bits per heavy atom.